The average molecular weight is 362 g/mol. The third-order valence-corrected chi connectivity index (χ3v) is 6.10. The number of amides is 1. The Hall–Kier alpha value is -2.25. The van der Waals surface area contributed by atoms with Gasteiger partial charge in [0.15, 0.2) is 0 Å². The lowest BCUT2D eigenvalue weighted by molar-refractivity contribution is 0.0951. The zero-order valence-electron chi connectivity index (χ0n) is 13.6. The number of hydrogen-bond acceptors (Lipinski definition) is 3. The summed E-state index contributed by atoms with van der Waals surface area (Å²) in [5, 5.41) is 2.73. The Balaban J connectivity index is 1.63. The molecule has 0 aromatic heterocycles. The van der Waals surface area contributed by atoms with Crippen LogP contribution in [0.3, 0.4) is 0 Å². The monoisotopic (exact) mass is 362 g/mol. The van der Waals surface area contributed by atoms with Crippen molar-refractivity contribution in [2.24, 2.45) is 0 Å². The molecule has 0 unspecified atom stereocenters. The van der Waals surface area contributed by atoms with Crippen molar-refractivity contribution in [1.82, 2.24) is 9.62 Å². The van der Waals surface area contributed by atoms with Gasteiger partial charge >= 0.3 is 0 Å². The van der Waals surface area contributed by atoms with Crippen LogP contribution in [-0.4, -0.2) is 31.7 Å². The summed E-state index contributed by atoms with van der Waals surface area (Å²) in [7, 11) is -3.42. The topological polar surface area (TPSA) is 66.5 Å². The number of nitrogens with zero attached hydrogens (tertiary/aromatic N) is 1. The molecule has 0 atom stereocenters. The summed E-state index contributed by atoms with van der Waals surface area (Å²) < 4.78 is 39.3. The molecule has 1 amide bonds. The van der Waals surface area contributed by atoms with Crippen LogP contribution in [0.5, 0.6) is 0 Å². The summed E-state index contributed by atoms with van der Waals surface area (Å²) in [5.41, 5.74) is 1.16. The zero-order valence-corrected chi connectivity index (χ0v) is 14.4. The van der Waals surface area contributed by atoms with E-state index in [1.54, 1.807) is 24.3 Å². The first-order chi connectivity index (χ1) is 12.0. The normalized spacial score (nSPS) is 15.2. The average Bonchev–Trinajstić information content (AvgIpc) is 3.16. The molecule has 1 saturated heterocycles. The van der Waals surface area contributed by atoms with E-state index in [4.69, 9.17) is 0 Å². The lowest BCUT2D eigenvalue weighted by Gasteiger charge is -2.15. The minimum absolute atomic E-state index is 0.264. The van der Waals surface area contributed by atoms with E-state index >= 15 is 0 Å². The first-order valence-corrected chi connectivity index (χ1v) is 9.54. The third kappa shape index (κ3) is 4.05. The molecule has 1 aliphatic heterocycles. The molecule has 25 heavy (non-hydrogen) atoms. The molecule has 1 heterocycles. The van der Waals surface area contributed by atoms with Crippen molar-refractivity contribution < 1.29 is 17.6 Å². The van der Waals surface area contributed by atoms with E-state index < -0.39 is 15.8 Å². The Morgan fingerprint density at radius 1 is 1.00 bits per heavy atom. The maximum Gasteiger partial charge on any atom is 0.251 e. The standard InChI is InChI=1S/C18H19FN2O3S/c19-16-7-5-15(6-8-16)18(22)20-13-14-3-9-17(10-4-14)25(23,24)21-11-1-2-12-21/h3-10H,1-2,11-13H2,(H,20,22). The number of benzene rings is 2. The molecular formula is C18H19FN2O3S. The van der Waals surface area contributed by atoms with Gasteiger partial charge < -0.3 is 5.32 Å². The van der Waals surface area contributed by atoms with Gasteiger partial charge in [-0.3, -0.25) is 4.79 Å². The highest BCUT2D eigenvalue weighted by molar-refractivity contribution is 7.89. The summed E-state index contributed by atoms with van der Waals surface area (Å²) in [4.78, 5) is 12.3. The molecule has 5 nitrogen and oxygen atoms in total. The van der Waals surface area contributed by atoms with Crippen LogP contribution in [-0.2, 0) is 16.6 Å². The Morgan fingerprint density at radius 3 is 2.20 bits per heavy atom. The lowest BCUT2D eigenvalue weighted by atomic mass is 10.2. The van der Waals surface area contributed by atoms with Crippen LogP contribution in [0.15, 0.2) is 53.4 Å². The number of rotatable bonds is 5. The summed E-state index contributed by atoms with van der Waals surface area (Å²) in [6.07, 6.45) is 1.79. The van der Waals surface area contributed by atoms with Crippen LogP contribution in [0.4, 0.5) is 4.39 Å². The second-order valence-corrected chi connectivity index (χ2v) is 7.88. The summed E-state index contributed by atoms with van der Waals surface area (Å²) in [6, 6.07) is 11.8. The van der Waals surface area contributed by atoms with Gasteiger partial charge in [-0.25, -0.2) is 12.8 Å². The molecule has 0 bridgehead atoms. The molecule has 3 rings (SSSR count). The van der Waals surface area contributed by atoms with E-state index in [2.05, 4.69) is 5.32 Å². The smallest absolute Gasteiger partial charge is 0.251 e. The molecule has 7 heteroatoms. The highest BCUT2D eigenvalue weighted by Crippen LogP contribution is 2.21. The van der Waals surface area contributed by atoms with Crippen molar-refractivity contribution in [3.63, 3.8) is 0 Å². The van der Waals surface area contributed by atoms with Gasteiger partial charge in [-0.05, 0) is 54.8 Å². The van der Waals surface area contributed by atoms with Gasteiger partial charge in [0.2, 0.25) is 10.0 Å². The number of nitrogens with one attached hydrogen (secondary N) is 1. The molecule has 0 spiro atoms. The van der Waals surface area contributed by atoms with Crippen LogP contribution < -0.4 is 5.32 Å². The van der Waals surface area contributed by atoms with Gasteiger partial charge in [0, 0.05) is 25.2 Å². The molecule has 0 saturated carbocycles. The fourth-order valence-electron chi connectivity index (χ4n) is 2.74. The number of carbonyl (C=O) groups is 1. The SMILES string of the molecule is O=C(NCc1ccc(S(=O)(=O)N2CCCC2)cc1)c1ccc(F)cc1. The number of hydrogen-bond donors (Lipinski definition) is 1. The van der Waals surface area contributed by atoms with Gasteiger partial charge in [-0.1, -0.05) is 12.1 Å². The molecule has 1 fully saturated rings. The van der Waals surface area contributed by atoms with Crippen molar-refractivity contribution in [2.75, 3.05) is 13.1 Å². The van der Waals surface area contributed by atoms with E-state index in [1.807, 2.05) is 0 Å². The molecule has 0 aliphatic carbocycles. The van der Waals surface area contributed by atoms with Gasteiger partial charge in [0.05, 0.1) is 4.90 Å². The minimum Gasteiger partial charge on any atom is -0.348 e. The van der Waals surface area contributed by atoms with E-state index in [-0.39, 0.29) is 17.3 Å². The fourth-order valence-corrected chi connectivity index (χ4v) is 4.26. The number of sulfonamides is 1. The number of carbonyl (C=O) groups excluding carboxylic acids is 1. The molecular weight excluding hydrogens is 343 g/mol. The largest absolute Gasteiger partial charge is 0.348 e. The zero-order chi connectivity index (χ0) is 17.9. The van der Waals surface area contributed by atoms with Gasteiger partial charge in [0.1, 0.15) is 5.82 Å². The quantitative estimate of drug-likeness (QED) is 0.889. The second-order valence-electron chi connectivity index (χ2n) is 5.94. The van der Waals surface area contributed by atoms with Gasteiger partial charge in [-0.2, -0.15) is 4.31 Å². The molecule has 2 aromatic rings. The van der Waals surface area contributed by atoms with Crippen molar-refractivity contribution >= 4 is 15.9 Å². The highest BCUT2D eigenvalue weighted by atomic mass is 32.2. The van der Waals surface area contributed by atoms with Crippen molar-refractivity contribution in [2.45, 2.75) is 24.3 Å². The van der Waals surface area contributed by atoms with Gasteiger partial charge in [0.25, 0.3) is 5.91 Å². The Morgan fingerprint density at radius 2 is 1.60 bits per heavy atom. The molecule has 1 N–H and O–H groups in total. The van der Waals surface area contributed by atoms with E-state index in [9.17, 15) is 17.6 Å². The van der Waals surface area contributed by atoms with Crippen LogP contribution in [0, 0.1) is 5.82 Å². The predicted molar refractivity (Wildman–Crippen MR) is 92.0 cm³/mol. The van der Waals surface area contributed by atoms with E-state index in [1.165, 1.54) is 28.6 Å². The summed E-state index contributed by atoms with van der Waals surface area (Å²) >= 11 is 0. The maximum absolute atomic E-state index is 12.9. The van der Waals surface area contributed by atoms with Crippen LogP contribution in [0.1, 0.15) is 28.8 Å². The molecule has 132 valence electrons. The van der Waals surface area contributed by atoms with Crippen LogP contribution in [0.25, 0.3) is 0 Å². The predicted octanol–water partition coefficient (Wildman–Crippen LogP) is 2.54. The Kier molecular flexibility index (Phi) is 5.15. The lowest BCUT2D eigenvalue weighted by Crippen LogP contribution is -2.28. The maximum atomic E-state index is 12.9. The van der Waals surface area contributed by atoms with Crippen LogP contribution >= 0.6 is 0 Å². The minimum atomic E-state index is -3.42. The highest BCUT2D eigenvalue weighted by Gasteiger charge is 2.26. The van der Waals surface area contributed by atoms with E-state index in [0.717, 1.165) is 18.4 Å². The van der Waals surface area contributed by atoms with Gasteiger partial charge in [-0.15, -0.1) is 0 Å². The molecule has 1 aliphatic rings. The van der Waals surface area contributed by atoms with Crippen molar-refractivity contribution in [3.05, 3.63) is 65.5 Å². The van der Waals surface area contributed by atoms with Crippen molar-refractivity contribution in [1.29, 1.82) is 0 Å². The Bertz CT molecular complexity index is 843. The first-order valence-electron chi connectivity index (χ1n) is 8.10. The number of halogens is 1. The Labute approximate surface area is 146 Å². The summed E-state index contributed by atoms with van der Waals surface area (Å²) in [6.45, 7) is 1.40. The van der Waals surface area contributed by atoms with Crippen molar-refractivity contribution in [3.8, 4) is 0 Å². The van der Waals surface area contributed by atoms with E-state index in [0.29, 0.717) is 18.7 Å². The second kappa shape index (κ2) is 7.33. The fraction of sp³-hybridized carbons (Fsp3) is 0.278. The molecule has 2 aromatic carbocycles. The van der Waals surface area contributed by atoms with Crippen LogP contribution in [0.2, 0.25) is 0 Å². The summed E-state index contributed by atoms with van der Waals surface area (Å²) in [5.74, 6) is -0.708. The third-order valence-electron chi connectivity index (χ3n) is 4.19. The molecule has 0 radical (unpaired) electrons. The first kappa shape index (κ1) is 17.6.